The van der Waals surface area contributed by atoms with Crippen molar-refractivity contribution in [2.45, 2.75) is 59.2 Å². The lowest BCUT2D eigenvalue weighted by Crippen LogP contribution is -2.35. The first kappa shape index (κ1) is 18.9. The van der Waals surface area contributed by atoms with Crippen LogP contribution >= 0.6 is 0 Å². The van der Waals surface area contributed by atoms with Gasteiger partial charge in [0.2, 0.25) is 8.32 Å². The van der Waals surface area contributed by atoms with Gasteiger partial charge in [0.25, 0.3) is 0 Å². The maximum atomic E-state index is 15.7. The molecule has 138 valence electrons. The third-order valence-electron chi connectivity index (χ3n) is 5.99. The smallest absolute Gasteiger partial charge is 0.250 e. The van der Waals surface area contributed by atoms with E-state index in [9.17, 15) is 0 Å². The first-order valence-electron chi connectivity index (χ1n) is 9.72. The van der Waals surface area contributed by atoms with Crippen LogP contribution in [0.4, 0.5) is 4.39 Å². The van der Waals surface area contributed by atoms with Crippen molar-refractivity contribution >= 4 is 14.1 Å². The molecule has 0 spiro atoms. The molecule has 2 aromatic rings. The molecular weight excluding hydrogens is 339 g/mol. The molecule has 0 unspecified atom stereocenters. The van der Waals surface area contributed by atoms with E-state index in [4.69, 9.17) is 4.43 Å². The van der Waals surface area contributed by atoms with Gasteiger partial charge in [0.1, 0.15) is 5.76 Å². The maximum Gasteiger partial charge on any atom is 0.250 e. The molecule has 0 atom stereocenters. The molecule has 1 aliphatic carbocycles. The van der Waals surface area contributed by atoms with Crippen LogP contribution in [0, 0.1) is 13.8 Å². The second kappa shape index (κ2) is 7.40. The summed E-state index contributed by atoms with van der Waals surface area (Å²) in [5.74, 6) is 0.366. The highest BCUT2D eigenvalue weighted by atomic mass is 28.4. The first-order valence-corrected chi connectivity index (χ1v) is 12.3. The molecule has 1 aliphatic rings. The molecule has 0 saturated carbocycles. The Morgan fingerprint density at radius 1 is 0.885 bits per heavy atom. The summed E-state index contributed by atoms with van der Waals surface area (Å²) < 4.78 is 22.2. The van der Waals surface area contributed by atoms with Gasteiger partial charge in [0, 0.05) is 12.0 Å². The van der Waals surface area contributed by atoms with Crippen LogP contribution in [0.1, 0.15) is 43.0 Å². The van der Waals surface area contributed by atoms with Crippen LogP contribution in [-0.2, 0) is 10.8 Å². The van der Waals surface area contributed by atoms with Crippen molar-refractivity contribution in [3.63, 3.8) is 0 Å². The number of halogens is 1. The molecule has 0 bridgehead atoms. The predicted molar refractivity (Wildman–Crippen MR) is 111 cm³/mol. The summed E-state index contributed by atoms with van der Waals surface area (Å²) in [7, 11) is -1.94. The van der Waals surface area contributed by atoms with E-state index in [1.807, 2.05) is 12.1 Å². The Labute approximate surface area is 158 Å². The minimum Gasteiger partial charge on any atom is -0.544 e. The predicted octanol–water partition coefficient (Wildman–Crippen LogP) is 7.19. The highest BCUT2D eigenvalue weighted by Crippen LogP contribution is 2.43. The van der Waals surface area contributed by atoms with Gasteiger partial charge in [-0.1, -0.05) is 57.2 Å². The van der Waals surface area contributed by atoms with Crippen molar-refractivity contribution in [3.8, 4) is 11.1 Å². The Morgan fingerprint density at radius 3 is 2.08 bits per heavy atom. The van der Waals surface area contributed by atoms with Crippen molar-refractivity contribution in [1.29, 1.82) is 0 Å². The van der Waals surface area contributed by atoms with E-state index in [0.29, 0.717) is 17.7 Å². The number of allylic oxidation sites excluding steroid dienone is 1. The summed E-state index contributed by atoms with van der Waals surface area (Å²) in [6, 6.07) is 15.2. The Morgan fingerprint density at radius 2 is 1.46 bits per heavy atom. The number of hydrogen-bond donors (Lipinski definition) is 0. The molecule has 2 aromatic carbocycles. The molecule has 26 heavy (non-hydrogen) atoms. The zero-order valence-corrected chi connectivity index (χ0v) is 17.6. The van der Waals surface area contributed by atoms with E-state index in [1.165, 1.54) is 11.1 Å². The fourth-order valence-electron chi connectivity index (χ4n) is 4.13. The quantitative estimate of drug-likeness (QED) is 0.508. The minimum absolute atomic E-state index is 0.175. The van der Waals surface area contributed by atoms with E-state index < -0.39 is 8.32 Å². The van der Waals surface area contributed by atoms with Crippen LogP contribution in [0.5, 0.6) is 0 Å². The van der Waals surface area contributed by atoms with Crippen molar-refractivity contribution in [2.75, 3.05) is 0 Å². The van der Waals surface area contributed by atoms with Gasteiger partial charge in [-0.25, -0.2) is 4.39 Å². The SMILES string of the molecule is CC[Si](CC)(CC)OC1=C(F)c2cccc(C)c2-c2c(C)cccc2C1. The van der Waals surface area contributed by atoms with Crippen LogP contribution in [0.15, 0.2) is 42.2 Å². The van der Waals surface area contributed by atoms with E-state index in [-0.39, 0.29) is 5.83 Å². The normalized spacial score (nSPS) is 13.9. The molecule has 0 aliphatic heterocycles. The summed E-state index contributed by atoms with van der Waals surface area (Å²) in [6.07, 6.45) is 0.533. The number of fused-ring (bicyclic) bond motifs is 3. The fraction of sp³-hybridized carbons (Fsp3) is 0.391. The summed E-state index contributed by atoms with van der Waals surface area (Å²) >= 11 is 0. The maximum absolute atomic E-state index is 15.7. The zero-order valence-electron chi connectivity index (χ0n) is 16.6. The number of aryl methyl sites for hydroxylation is 2. The summed E-state index contributed by atoms with van der Waals surface area (Å²) in [5.41, 5.74) is 6.34. The van der Waals surface area contributed by atoms with Crippen LogP contribution in [-0.4, -0.2) is 8.32 Å². The Balaban J connectivity index is 2.24. The topological polar surface area (TPSA) is 9.23 Å². The van der Waals surface area contributed by atoms with Crippen molar-refractivity contribution in [2.24, 2.45) is 0 Å². The van der Waals surface area contributed by atoms with Crippen molar-refractivity contribution < 1.29 is 8.82 Å². The fourth-order valence-corrected chi connectivity index (χ4v) is 6.74. The highest BCUT2D eigenvalue weighted by Gasteiger charge is 2.34. The average molecular weight is 369 g/mol. The lowest BCUT2D eigenvalue weighted by atomic mass is 9.89. The minimum atomic E-state index is -1.94. The zero-order chi connectivity index (χ0) is 18.9. The van der Waals surface area contributed by atoms with Gasteiger partial charge in [-0.2, -0.15) is 0 Å². The van der Waals surface area contributed by atoms with Gasteiger partial charge in [-0.15, -0.1) is 0 Å². The van der Waals surface area contributed by atoms with Crippen LogP contribution < -0.4 is 0 Å². The third-order valence-corrected chi connectivity index (χ3v) is 10.5. The van der Waals surface area contributed by atoms with E-state index in [0.717, 1.165) is 34.8 Å². The molecule has 0 N–H and O–H groups in total. The highest BCUT2D eigenvalue weighted by molar-refractivity contribution is 6.73. The number of hydrogen-bond acceptors (Lipinski definition) is 1. The largest absolute Gasteiger partial charge is 0.544 e. The van der Waals surface area contributed by atoms with Crippen LogP contribution in [0.3, 0.4) is 0 Å². The molecule has 0 heterocycles. The van der Waals surface area contributed by atoms with Gasteiger partial charge < -0.3 is 4.43 Å². The molecule has 1 nitrogen and oxygen atoms in total. The summed E-state index contributed by atoms with van der Waals surface area (Å²) in [4.78, 5) is 0. The lowest BCUT2D eigenvalue weighted by Gasteiger charge is -2.30. The molecule has 0 aromatic heterocycles. The molecular formula is C23H29FOSi. The Kier molecular flexibility index (Phi) is 5.38. The van der Waals surface area contributed by atoms with Gasteiger partial charge in [-0.3, -0.25) is 0 Å². The molecule has 0 amide bonds. The second-order valence-corrected chi connectivity index (χ2v) is 12.1. The Bertz CT molecular complexity index is 841. The summed E-state index contributed by atoms with van der Waals surface area (Å²) in [5, 5.41) is 0. The van der Waals surface area contributed by atoms with Gasteiger partial charge in [0.05, 0.1) is 0 Å². The van der Waals surface area contributed by atoms with E-state index in [1.54, 1.807) is 0 Å². The number of rotatable bonds is 5. The van der Waals surface area contributed by atoms with Crippen molar-refractivity contribution in [3.05, 3.63) is 64.4 Å². The lowest BCUT2D eigenvalue weighted by molar-refractivity contribution is 0.387. The molecule has 3 heteroatoms. The average Bonchev–Trinajstić information content (AvgIpc) is 2.77. The first-order chi connectivity index (χ1) is 12.5. The van der Waals surface area contributed by atoms with Crippen LogP contribution in [0.2, 0.25) is 18.1 Å². The standard InChI is InChI=1S/C23H29FOSi/c1-6-26(7-2,8-3)25-20-15-18-13-9-11-16(4)21(18)22-17(5)12-10-14-19(22)23(20)24/h9-14H,6-8,15H2,1-5H3. The third kappa shape index (κ3) is 3.14. The molecule has 0 radical (unpaired) electrons. The second-order valence-electron chi connectivity index (χ2n) is 7.37. The molecule has 0 fully saturated rings. The van der Waals surface area contributed by atoms with Crippen molar-refractivity contribution in [1.82, 2.24) is 0 Å². The van der Waals surface area contributed by atoms with Gasteiger partial charge in [0.15, 0.2) is 5.83 Å². The molecule has 0 saturated heterocycles. The van der Waals surface area contributed by atoms with Gasteiger partial charge >= 0.3 is 0 Å². The number of benzene rings is 2. The van der Waals surface area contributed by atoms with E-state index in [2.05, 4.69) is 58.9 Å². The monoisotopic (exact) mass is 368 g/mol. The van der Waals surface area contributed by atoms with Gasteiger partial charge in [-0.05, 0) is 59.8 Å². The molecule has 3 rings (SSSR count). The Hall–Kier alpha value is -1.87. The summed E-state index contributed by atoms with van der Waals surface area (Å²) in [6.45, 7) is 10.7. The van der Waals surface area contributed by atoms with E-state index >= 15 is 4.39 Å². The van der Waals surface area contributed by atoms with Crippen LogP contribution in [0.25, 0.3) is 17.0 Å².